The van der Waals surface area contributed by atoms with E-state index in [4.69, 9.17) is 11.2 Å². The average Bonchev–Trinajstić information content (AvgIpc) is 3.55. The van der Waals surface area contributed by atoms with Crippen molar-refractivity contribution in [3.63, 3.8) is 0 Å². The van der Waals surface area contributed by atoms with Crippen molar-refractivity contribution in [2.75, 3.05) is 31.6 Å². The van der Waals surface area contributed by atoms with Gasteiger partial charge in [0.2, 0.25) is 5.91 Å². The summed E-state index contributed by atoms with van der Waals surface area (Å²) in [5.41, 5.74) is 2.00. The zero-order valence-corrected chi connectivity index (χ0v) is 17.6. The first kappa shape index (κ1) is 21.3. The van der Waals surface area contributed by atoms with Crippen molar-refractivity contribution < 1.29 is 9.53 Å². The third-order valence-electron chi connectivity index (χ3n) is 5.98. The molecule has 2 aliphatic rings. The summed E-state index contributed by atoms with van der Waals surface area (Å²) in [6.07, 6.45) is 10.3. The molecule has 6 heteroatoms. The molecule has 0 spiro atoms. The Morgan fingerprint density at radius 2 is 1.97 bits per heavy atom. The molecule has 0 atom stereocenters. The molecule has 3 rings (SSSR count). The summed E-state index contributed by atoms with van der Waals surface area (Å²) in [4.78, 5) is 17.0. The van der Waals surface area contributed by atoms with Crippen molar-refractivity contribution in [2.24, 2.45) is 10.2 Å². The molecule has 2 heterocycles. The van der Waals surface area contributed by atoms with Gasteiger partial charge in [-0.05, 0) is 37.5 Å². The van der Waals surface area contributed by atoms with Crippen molar-refractivity contribution in [1.29, 1.82) is 0 Å². The third-order valence-corrected chi connectivity index (χ3v) is 5.98. The van der Waals surface area contributed by atoms with Crippen molar-refractivity contribution in [1.82, 2.24) is 4.90 Å². The first-order chi connectivity index (χ1) is 14.1. The van der Waals surface area contributed by atoms with Crippen LogP contribution in [0.2, 0.25) is 0 Å². The Bertz CT molecular complexity index is 739. The molecule has 1 amide bonds. The minimum absolute atomic E-state index is 0.149. The Morgan fingerprint density at radius 3 is 2.52 bits per heavy atom. The molecule has 6 nitrogen and oxygen atoms in total. The molecular formula is C23H32N4O2. The number of methoxy groups -OCH3 is 1. The fourth-order valence-electron chi connectivity index (χ4n) is 3.89. The van der Waals surface area contributed by atoms with Gasteiger partial charge in [0.15, 0.2) is 5.66 Å². The zero-order chi connectivity index (χ0) is 20.7. The predicted molar refractivity (Wildman–Crippen MR) is 115 cm³/mol. The molecule has 0 radical (unpaired) electrons. The van der Waals surface area contributed by atoms with E-state index in [9.17, 15) is 4.79 Å². The SMILES string of the molecule is C#CCCC1(CCC(=O)N(CC)Cc2ccc(N3CCC(OC)CC3)cc2)N=N1. The maximum Gasteiger partial charge on any atom is 0.223 e. The molecule has 29 heavy (non-hydrogen) atoms. The van der Waals surface area contributed by atoms with Crippen LogP contribution in [0.5, 0.6) is 0 Å². The average molecular weight is 397 g/mol. The highest BCUT2D eigenvalue weighted by Crippen LogP contribution is 2.37. The second kappa shape index (κ2) is 9.89. The molecular weight excluding hydrogens is 364 g/mol. The van der Waals surface area contributed by atoms with Crippen LogP contribution in [0.4, 0.5) is 5.69 Å². The molecule has 2 aliphatic heterocycles. The second-order valence-electron chi connectivity index (χ2n) is 7.88. The van der Waals surface area contributed by atoms with Crippen LogP contribution < -0.4 is 4.90 Å². The molecule has 0 aliphatic carbocycles. The van der Waals surface area contributed by atoms with Gasteiger partial charge in [-0.3, -0.25) is 4.79 Å². The minimum atomic E-state index is -0.390. The summed E-state index contributed by atoms with van der Waals surface area (Å²) >= 11 is 0. The summed E-state index contributed by atoms with van der Waals surface area (Å²) < 4.78 is 5.45. The van der Waals surface area contributed by atoms with E-state index in [2.05, 4.69) is 45.3 Å². The molecule has 156 valence electrons. The quantitative estimate of drug-likeness (QED) is 0.562. The van der Waals surface area contributed by atoms with Crippen LogP contribution in [-0.2, 0) is 16.1 Å². The number of hydrogen-bond acceptors (Lipinski definition) is 5. The van der Waals surface area contributed by atoms with E-state index in [1.54, 1.807) is 7.11 Å². The van der Waals surface area contributed by atoms with Gasteiger partial charge in [-0.2, -0.15) is 10.2 Å². The molecule has 0 unspecified atom stereocenters. The van der Waals surface area contributed by atoms with E-state index in [0.29, 0.717) is 38.5 Å². The number of benzene rings is 1. The lowest BCUT2D eigenvalue weighted by Gasteiger charge is -2.33. The standard InChI is InChI=1S/C23H32N4O2/c1-4-6-14-23(24-25-23)15-11-22(28)26(5-2)18-19-7-9-20(10-8-19)27-16-12-21(29-3)13-17-27/h1,7-10,21H,5-6,11-18H2,2-3H3. The number of hydrogen-bond donors (Lipinski definition) is 0. The molecule has 1 fully saturated rings. The summed E-state index contributed by atoms with van der Waals surface area (Å²) in [5.74, 6) is 2.77. The van der Waals surface area contributed by atoms with Crippen molar-refractivity contribution in [3.05, 3.63) is 29.8 Å². The molecule has 1 aromatic rings. The van der Waals surface area contributed by atoms with Crippen molar-refractivity contribution >= 4 is 11.6 Å². The zero-order valence-electron chi connectivity index (χ0n) is 17.6. The number of terminal acetylenes is 1. The Hall–Kier alpha value is -2.39. The molecule has 0 bridgehead atoms. The number of piperidine rings is 1. The van der Waals surface area contributed by atoms with Gasteiger partial charge in [0.05, 0.1) is 6.10 Å². The highest BCUT2D eigenvalue weighted by atomic mass is 16.5. The van der Waals surface area contributed by atoms with Gasteiger partial charge in [-0.1, -0.05) is 12.1 Å². The van der Waals surface area contributed by atoms with Gasteiger partial charge in [0, 0.05) is 64.7 Å². The number of carbonyl (C=O) groups excluding carboxylic acids is 1. The highest BCUT2D eigenvalue weighted by Gasteiger charge is 2.39. The van der Waals surface area contributed by atoms with Gasteiger partial charge in [-0.25, -0.2) is 0 Å². The number of rotatable bonds is 10. The lowest BCUT2D eigenvalue weighted by molar-refractivity contribution is -0.131. The van der Waals surface area contributed by atoms with E-state index in [0.717, 1.165) is 37.9 Å². The summed E-state index contributed by atoms with van der Waals surface area (Å²) in [6.45, 7) is 5.39. The van der Waals surface area contributed by atoms with E-state index >= 15 is 0 Å². The van der Waals surface area contributed by atoms with Gasteiger partial charge < -0.3 is 14.5 Å². The molecule has 0 aromatic heterocycles. The minimum Gasteiger partial charge on any atom is -0.381 e. The predicted octanol–water partition coefficient (Wildman–Crippen LogP) is 4.01. The van der Waals surface area contributed by atoms with Crippen LogP contribution in [0.25, 0.3) is 0 Å². The first-order valence-electron chi connectivity index (χ1n) is 10.6. The fraction of sp³-hybridized carbons (Fsp3) is 0.609. The van der Waals surface area contributed by atoms with Crippen LogP contribution >= 0.6 is 0 Å². The van der Waals surface area contributed by atoms with Crippen LogP contribution in [0.1, 0.15) is 51.0 Å². The first-order valence-corrected chi connectivity index (χ1v) is 10.6. The Balaban J connectivity index is 1.49. The monoisotopic (exact) mass is 396 g/mol. The van der Waals surface area contributed by atoms with E-state index in [-0.39, 0.29) is 11.6 Å². The normalized spacial score (nSPS) is 17.8. The van der Waals surface area contributed by atoms with Crippen molar-refractivity contribution in [3.8, 4) is 12.3 Å². The highest BCUT2D eigenvalue weighted by molar-refractivity contribution is 5.76. The van der Waals surface area contributed by atoms with Gasteiger partial charge in [-0.15, -0.1) is 12.3 Å². The van der Waals surface area contributed by atoms with E-state index in [1.165, 1.54) is 5.69 Å². The lowest BCUT2D eigenvalue weighted by atomic mass is 10.0. The molecule has 1 aromatic carbocycles. The number of nitrogens with zero attached hydrogens (tertiary/aromatic N) is 4. The third kappa shape index (κ3) is 5.80. The Morgan fingerprint density at radius 1 is 1.28 bits per heavy atom. The van der Waals surface area contributed by atoms with Gasteiger partial charge in [0.1, 0.15) is 0 Å². The number of amides is 1. The summed E-state index contributed by atoms with van der Waals surface area (Å²) in [5, 5.41) is 8.25. The topological polar surface area (TPSA) is 57.5 Å². The van der Waals surface area contributed by atoms with Crippen molar-refractivity contribution in [2.45, 2.75) is 63.8 Å². The number of ether oxygens (including phenoxy) is 1. The molecule has 1 saturated heterocycles. The van der Waals surface area contributed by atoms with Gasteiger partial charge in [0.25, 0.3) is 0 Å². The maximum atomic E-state index is 12.7. The Labute approximate surface area is 174 Å². The Kier molecular flexibility index (Phi) is 7.27. The largest absolute Gasteiger partial charge is 0.381 e. The smallest absolute Gasteiger partial charge is 0.223 e. The fourth-order valence-corrected chi connectivity index (χ4v) is 3.89. The maximum absolute atomic E-state index is 12.7. The van der Waals surface area contributed by atoms with Crippen LogP contribution in [-0.4, -0.2) is 49.3 Å². The van der Waals surface area contributed by atoms with Gasteiger partial charge >= 0.3 is 0 Å². The molecule has 0 saturated carbocycles. The second-order valence-corrected chi connectivity index (χ2v) is 7.88. The van der Waals surface area contributed by atoms with E-state index < -0.39 is 0 Å². The van der Waals surface area contributed by atoms with Crippen LogP contribution in [0, 0.1) is 12.3 Å². The number of anilines is 1. The van der Waals surface area contributed by atoms with Crippen LogP contribution in [0.15, 0.2) is 34.5 Å². The van der Waals surface area contributed by atoms with Crippen LogP contribution in [0.3, 0.4) is 0 Å². The van der Waals surface area contributed by atoms with E-state index in [1.807, 2.05) is 11.8 Å². The lowest BCUT2D eigenvalue weighted by Crippen LogP contribution is -2.36. The summed E-state index contributed by atoms with van der Waals surface area (Å²) in [6, 6.07) is 8.59. The number of carbonyl (C=O) groups is 1. The molecule has 0 N–H and O–H groups in total. The summed E-state index contributed by atoms with van der Waals surface area (Å²) in [7, 11) is 1.79.